The highest BCUT2D eigenvalue weighted by Crippen LogP contribution is 2.30. The second-order valence-corrected chi connectivity index (χ2v) is 8.51. The zero-order valence-corrected chi connectivity index (χ0v) is 17.8. The fourth-order valence-electron chi connectivity index (χ4n) is 3.43. The third-order valence-electron chi connectivity index (χ3n) is 4.90. The van der Waals surface area contributed by atoms with Crippen LogP contribution in [0.25, 0.3) is 10.9 Å². The Balaban J connectivity index is 1.64. The van der Waals surface area contributed by atoms with Gasteiger partial charge in [-0.3, -0.25) is 4.79 Å². The average Bonchev–Trinajstić information content (AvgIpc) is 2.77. The van der Waals surface area contributed by atoms with Gasteiger partial charge in [0, 0.05) is 33.2 Å². The second kappa shape index (κ2) is 8.82. The maximum absolute atomic E-state index is 13.1. The second-order valence-electron chi connectivity index (χ2n) is 6.93. The highest BCUT2D eigenvalue weighted by molar-refractivity contribution is 7.99. The van der Waals surface area contributed by atoms with Gasteiger partial charge in [0.2, 0.25) is 0 Å². The zero-order chi connectivity index (χ0) is 21.1. The molecule has 0 spiro atoms. The van der Waals surface area contributed by atoms with Gasteiger partial charge in [-0.25, -0.2) is 0 Å². The van der Waals surface area contributed by atoms with E-state index in [4.69, 9.17) is 11.6 Å². The molecule has 0 bridgehead atoms. The minimum absolute atomic E-state index is 0.0514. The fraction of sp³-hybridized carbons (Fsp3) is 0.0800. The monoisotopic (exact) mass is 433 g/mol. The van der Waals surface area contributed by atoms with Gasteiger partial charge in [0.05, 0.1) is 11.1 Å². The van der Waals surface area contributed by atoms with Gasteiger partial charge in [-0.1, -0.05) is 53.7 Å². The summed E-state index contributed by atoms with van der Waals surface area (Å²) >= 11 is 7.59. The number of hydrogen-bond donors (Lipinski definition) is 1. The van der Waals surface area contributed by atoms with Crippen LogP contribution in [0.3, 0.4) is 0 Å². The summed E-state index contributed by atoms with van der Waals surface area (Å²) in [5, 5.41) is 12.2. The third kappa shape index (κ3) is 4.16. The first kappa shape index (κ1) is 20.3. The molecule has 0 unspecified atom stereocenters. The molecule has 0 fully saturated rings. The summed E-state index contributed by atoms with van der Waals surface area (Å²) in [6.45, 7) is 4.15. The summed E-state index contributed by atoms with van der Waals surface area (Å²) in [5.74, 6) is 0.0514. The number of nitrogens with zero attached hydrogens (tertiary/aromatic N) is 1. The van der Waals surface area contributed by atoms with Crippen molar-refractivity contribution in [2.45, 2.75) is 22.8 Å². The van der Waals surface area contributed by atoms with Crippen LogP contribution in [0, 0.1) is 0 Å². The van der Waals surface area contributed by atoms with E-state index in [0.29, 0.717) is 34.5 Å². The van der Waals surface area contributed by atoms with E-state index >= 15 is 0 Å². The van der Waals surface area contributed by atoms with Gasteiger partial charge >= 0.3 is 0 Å². The predicted molar refractivity (Wildman–Crippen MR) is 125 cm³/mol. The van der Waals surface area contributed by atoms with Crippen LogP contribution in [0.2, 0.25) is 5.02 Å². The van der Waals surface area contributed by atoms with Crippen LogP contribution >= 0.6 is 23.4 Å². The molecule has 30 heavy (non-hydrogen) atoms. The largest absolute Gasteiger partial charge is 0.507 e. The van der Waals surface area contributed by atoms with Crippen molar-refractivity contribution < 1.29 is 5.11 Å². The van der Waals surface area contributed by atoms with Crippen molar-refractivity contribution in [1.29, 1.82) is 0 Å². The van der Waals surface area contributed by atoms with Crippen molar-refractivity contribution in [2.24, 2.45) is 0 Å². The first-order valence-electron chi connectivity index (χ1n) is 9.53. The molecule has 0 amide bonds. The molecule has 0 saturated heterocycles. The van der Waals surface area contributed by atoms with E-state index < -0.39 is 0 Å². The molecular formula is C25H20ClNO2S. The Morgan fingerprint density at radius 2 is 1.60 bits per heavy atom. The van der Waals surface area contributed by atoms with Crippen LogP contribution in [0.15, 0.2) is 100 Å². The number of benzene rings is 3. The number of rotatable bonds is 6. The molecule has 3 nitrogen and oxygen atoms in total. The molecule has 1 aromatic heterocycles. The number of aromatic hydroxyl groups is 1. The molecule has 0 aliphatic carbocycles. The van der Waals surface area contributed by atoms with Crippen LogP contribution in [0.5, 0.6) is 5.75 Å². The van der Waals surface area contributed by atoms with Crippen LogP contribution in [-0.4, -0.2) is 9.67 Å². The van der Waals surface area contributed by atoms with Crippen molar-refractivity contribution >= 4 is 34.3 Å². The third-order valence-corrected chi connectivity index (χ3v) is 6.17. The number of hydrogen-bond acceptors (Lipinski definition) is 3. The Kier molecular flexibility index (Phi) is 5.98. The number of halogens is 1. The summed E-state index contributed by atoms with van der Waals surface area (Å²) in [6, 6.07) is 23.1. The summed E-state index contributed by atoms with van der Waals surface area (Å²) in [5.41, 5.74) is 1.88. The molecule has 5 heteroatoms. The van der Waals surface area contributed by atoms with Crippen molar-refractivity contribution in [3.8, 4) is 5.75 Å². The molecule has 1 N–H and O–H groups in total. The van der Waals surface area contributed by atoms with Crippen molar-refractivity contribution in [1.82, 2.24) is 4.57 Å². The van der Waals surface area contributed by atoms with Crippen LogP contribution < -0.4 is 5.56 Å². The van der Waals surface area contributed by atoms with Gasteiger partial charge in [-0.2, -0.15) is 0 Å². The highest BCUT2D eigenvalue weighted by atomic mass is 35.5. The lowest BCUT2D eigenvalue weighted by molar-refractivity contribution is 0.472. The van der Waals surface area contributed by atoms with Gasteiger partial charge in [0.1, 0.15) is 5.75 Å². The molecule has 4 rings (SSSR count). The van der Waals surface area contributed by atoms with Crippen molar-refractivity contribution in [2.75, 3.05) is 0 Å². The van der Waals surface area contributed by atoms with Crippen molar-refractivity contribution in [3.05, 3.63) is 112 Å². The minimum Gasteiger partial charge on any atom is -0.507 e. The molecule has 0 aliphatic rings. The Bertz CT molecular complexity index is 1260. The van der Waals surface area contributed by atoms with E-state index in [2.05, 4.69) is 6.58 Å². The van der Waals surface area contributed by atoms with Gasteiger partial charge in [-0.15, -0.1) is 6.58 Å². The Labute approximate surface area is 184 Å². The average molecular weight is 434 g/mol. The van der Waals surface area contributed by atoms with Crippen LogP contribution in [0.1, 0.15) is 11.1 Å². The Morgan fingerprint density at radius 3 is 2.27 bits per heavy atom. The number of pyridine rings is 1. The molecule has 4 aromatic rings. The molecule has 150 valence electrons. The first-order chi connectivity index (χ1) is 14.6. The van der Waals surface area contributed by atoms with E-state index in [1.54, 1.807) is 22.4 Å². The molecular weight excluding hydrogens is 414 g/mol. The maximum Gasteiger partial charge on any atom is 0.258 e. The van der Waals surface area contributed by atoms with Gasteiger partial charge < -0.3 is 9.67 Å². The molecule has 0 radical (unpaired) electrons. The van der Waals surface area contributed by atoms with E-state index in [-0.39, 0.29) is 11.3 Å². The number of para-hydroxylation sites is 1. The lowest BCUT2D eigenvalue weighted by atomic mass is 10.0. The van der Waals surface area contributed by atoms with Gasteiger partial charge in [-0.05, 0) is 54.1 Å². The van der Waals surface area contributed by atoms with Crippen LogP contribution in [-0.2, 0) is 13.0 Å². The lowest BCUT2D eigenvalue weighted by Crippen LogP contribution is -2.24. The topological polar surface area (TPSA) is 42.2 Å². The number of fused-ring (bicyclic) bond motifs is 1. The SMILES string of the molecule is C=CCn1c(=O)c(Cc2ccc(Sc3ccc(Cl)cc3)cc2)c(O)c2ccccc21. The smallest absolute Gasteiger partial charge is 0.258 e. The van der Waals surface area contributed by atoms with E-state index in [9.17, 15) is 9.90 Å². The predicted octanol–water partition coefficient (Wildman–Crippen LogP) is 6.29. The van der Waals surface area contributed by atoms with E-state index in [0.717, 1.165) is 15.4 Å². The molecule has 0 saturated carbocycles. The zero-order valence-electron chi connectivity index (χ0n) is 16.2. The summed E-state index contributed by atoms with van der Waals surface area (Å²) in [6.07, 6.45) is 2.05. The highest BCUT2D eigenvalue weighted by Gasteiger charge is 2.16. The molecule has 1 heterocycles. The van der Waals surface area contributed by atoms with E-state index in [1.165, 1.54) is 0 Å². The quantitative estimate of drug-likeness (QED) is 0.363. The Hall–Kier alpha value is -2.95. The lowest BCUT2D eigenvalue weighted by Gasteiger charge is -2.14. The van der Waals surface area contributed by atoms with Gasteiger partial charge in [0.15, 0.2) is 0 Å². The van der Waals surface area contributed by atoms with Crippen LogP contribution in [0.4, 0.5) is 0 Å². The van der Waals surface area contributed by atoms with Gasteiger partial charge in [0.25, 0.3) is 5.56 Å². The number of aromatic nitrogens is 1. The molecule has 3 aromatic carbocycles. The van der Waals surface area contributed by atoms with E-state index in [1.807, 2.05) is 72.8 Å². The Morgan fingerprint density at radius 1 is 0.967 bits per heavy atom. The first-order valence-corrected chi connectivity index (χ1v) is 10.7. The summed E-state index contributed by atoms with van der Waals surface area (Å²) < 4.78 is 1.65. The minimum atomic E-state index is -0.189. The molecule has 0 atom stereocenters. The standard InChI is InChI=1S/C25H20ClNO2S/c1-2-15-27-23-6-4-3-5-21(23)24(28)22(25(27)29)16-17-7-11-19(12-8-17)30-20-13-9-18(26)10-14-20/h2-14,28H,1,15-16H2. The summed E-state index contributed by atoms with van der Waals surface area (Å²) in [4.78, 5) is 15.3. The maximum atomic E-state index is 13.1. The van der Waals surface area contributed by atoms with Crippen molar-refractivity contribution in [3.63, 3.8) is 0 Å². The number of allylic oxidation sites excluding steroid dienone is 1. The fourth-order valence-corrected chi connectivity index (χ4v) is 4.38. The normalized spacial score (nSPS) is 11.0. The summed E-state index contributed by atoms with van der Waals surface area (Å²) in [7, 11) is 0. The molecule has 0 aliphatic heterocycles.